The normalized spacial score (nSPS) is 10.8. The van der Waals surface area contributed by atoms with Crippen LogP contribution in [0, 0.1) is 0 Å². The number of carbonyl (C=O) groups excluding carboxylic acids is 2. The maximum atomic E-state index is 12.1. The lowest BCUT2D eigenvalue weighted by atomic mass is 10.0. The van der Waals surface area contributed by atoms with E-state index in [1.54, 1.807) is 45.2 Å². The van der Waals surface area contributed by atoms with E-state index in [-0.39, 0.29) is 5.91 Å². The average Bonchev–Trinajstić information content (AvgIpc) is 2.36. The van der Waals surface area contributed by atoms with Crippen LogP contribution in [-0.4, -0.2) is 36.5 Å². The second-order valence-electron chi connectivity index (χ2n) is 4.28. The number of methoxy groups -OCH3 is 1. The molecule has 0 aliphatic carbocycles. The highest BCUT2D eigenvalue weighted by Gasteiger charge is 2.36. The summed E-state index contributed by atoms with van der Waals surface area (Å²) < 4.78 is 4.69. The first-order valence-electron chi connectivity index (χ1n) is 5.33. The van der Waals surface area contributed by atoms with Crippen LogP contribution in [0.15, 0.2) is 30.3 Å². The molecule has 4 heteroatoms. The monoisotopic (exact) mass is 235 g/mol. The van der Waals surface area contributed by atoms with Crippen molar-refractivity contribution < 1.29 is 14.3 Å². The number of benzene rings is 1. The topological polar surface area (TPSA) is 46.6 Å². The number of esters is 1. The van der Waals surface area contributed by atoms with Gasteiger partial charge in [0.2, 0.25) is 0 Å². The van der Waals surface area contributed by atoms with Crippen molar-refractivity contribution in [3.8, 4) is 0 Å². The number of amides is 1. The molecule has 92 valence electrons. The fourth-order valence-electron chi connectivity index (χ4n) is 1.41. The molecule has 0 fully saturated rings. The second kappa shape index (κ2) is 4.99. The first-order valence-corrected chi connectivity index (χ1v) is 5.33. The van der Waals surface area contributed by atoms with Gasteiger partial charge < -0.3 is 9.64 Å². The van der Waals surface area contributed by atoms with Crippen molar-refractivity contribution in [2.75, 3.05) is 14.2 Å². The van der Waals surface area contributed by atoms with Crippen LogP contribution in [0.25, 0.3) is 0 Å². The van der Waals surface area contributed by atoms with Crippen LogP contribution in [0.4, 0.5) is 0 Å². The summed E-state index contributed by atoms with van der Waals surface area (Å²) in [6.45, 7) is 3.30. The van der Waals surface area contributed by atoms with E-state index in [1.807, 2.05) is 6.07 Å². The van der Waals surface area contributed by atoms with Gasteiger partial charge in [0.1, 0.15) is 5.54 Å². The fourth-order valence-corrected chi connectivity index (χ4v) is 1.41. The van der Waals surface area contributed by atoms with Gasteiger partial charge in [0.15, 0.2) is 0 Å². The van der Waals surface area contributed by atoms with E-state index in [1.165, 1.54) is 12.0 Å². The van der Waals surface area contributed by atoms with Crippen LogP contribution in [0.2, 0.25) is 0 Å². The van der Waals surface area contributed by atoms with Crippen molar-refractivity contribution in [3.05, 3.63) is 35.9 Å². The van der Waals surface area contributed by atoms with Crippen molar-refractivity contribution in [2.24, 2.45) is 0 Å². The third-order valence-corrected chi connectivity index (χ3v) is 2.85. The Hall–Kier alpha value is -1.84. The van der Waals surface area contributed by atoms with Crippen LogP contribution in [-0.2, 0) is 9.53 Å². The van der Waals surface area contributed by atoms with Gasteiger partial charge in [0.05, 0.1) is 7.11 Å². The Morgan fingerprint density at radius 3 is 2.18 bits per heavy atom. The van der Waals surface area contributed by atoms with Crippen LogP contribution in [0.1, 0.15) is 24.2 Å². The number of nitrogens with zero attached hydrogens (tertiary/aromatic N) is 1. The second-order valence-corrected chi connectivity index (χ2v) is 4.28. The molecule has 0 N–H and O–H groups in total. The molecule has 0 bridgehead atoms. The zero-order valence-corrected chi connectivity index (χ0v) is 10.6. The quantitative estimate of drug-likeness (QED) is 0.749. The molecule has 0 atom stereocenters. The minimum Gasteiger partial charge on any atom is -0.467 e. The van der Waals surface area contributed by atoms with E-state index < -0.39 is 11.5 Å². The molecule has 0 aromatic heterocycles. The molecule has 0 aliphatic rings. The van der Waals surface area contributed by atoms with Crippen LogP contribution >= 0.6 is 0 Å². The summed E-state index contributed by atoms with van der Waals surface area (Å²) in [4.78, 5) is 25.1. The maximum absolute atomic E-state index is 12.1. The number of carbonyl (C=O) groups is 2. The van der Waals surface area contributed by atoms with Crippen molar-refractivity contribution >= 4 is 11.9 Å². The lowest BCUT2D eigenvalue weighted by molar-refractivity contribution is -0.150. The Labute approximate surface area is 101 Å². The van der Waals surface area contributed by atoms with E-state index in [0.29, 0.717) is 5.56 Å². The van der Waals surface area contributed by atoms with E-state index in [2.05, 4.69) is 4.74 Å². The smallest absolute Gasteiger partial charge is 0.331 e. The molecule has 1 aromatic carbocycles. The summed E-state index contributed by atoms with van der Waals surface area (Å²) in [5, 5.41) is 0. The molecule has 0 saturated heterocycles. The molecule has 1 rings (SSSR count). The first kappa shape index (κ1) is 13.2. The highest BCUT2D eigenvalue weighted by molar-refractivity contribution is 5.97. The molecular weight excluding hydrogens is 218 g/mol. The SMILES string of the molecule is COC(=O)C(C)(C)N(C)C(=O)c1ccccc1. The molecule has 0 heterocycles. The minimum atomic E-state index is -0.984. The largest absolute Gasteiger partial charge is 0.467 e. The average molecular weight is 235 g/mol. The van der Waals surface area contributed by atoms with Crippen molar-refractivity contribution in [1.29, 1.82) is 0 Å². The number of ether oxygens (including phenoxy) is 1. The Morgan fingerprint density at radius 2 is 1.71 bits per heavy atom. The molecule has 0 spiro atoms. The Balaban J connectivity index is 2.94. The van der Waals surface area contributed by atoms with Gasteiger partial charge in [-0.25, -0.2) is 4.79 Å². The molecule has 0 unspecified atom stereocenters. The van der Waals surface area contributed by atoms with Gasteiger partial charge in [-0.1, -0.05) is 18.2 Å². The van der Waals surface area contributed by atoms with Gasteiger partial charge in [-0.05, 0) is 26.0 Å². The Kier molecular flexibility index (Phi) is 3.89. The van der Waals surface area contributed by atoms with Gasteiger partial charge >= 0.3 is 5.97 Å². The lowest BCUT2D eigenvalue weighted by Crippen LogP contribution is -2.51. The zero-order valence-electron chi connectivity index (χ0n) is 10.6. The number of hydrogen-bond donors (Lipinski definition) is 0. The molecule has 17 heavy (non-hydrogen) atoms. The first-order chi connectivity index (χ1) is 7.91. The maximum Gasteiger partial charge on any atom is 0.331 e. The molecule has 1 aromatic rings. The fraction of sp³-hybridized carbons (Fsp3) is 0.385. The summed E-state index contributed by atoms with van der Waals surface area (Å²) in [5.41, 5.74) is -0.436. The van der Waals surface area contributed by atoms with Crippen LogP contribution in [0.5, 0.6) is 0 Å². The molecule has 0 aliphatic heterocycles. The van der Waals surface area contributed by atoms with Crippen LogP contribution < -0.4 is 0 Å². The van der Waals surface area contributed by atoms with Gasteiger partial charge in [-0.3, -0.25) is 4.79 Å². The highest BCUT2D eigenvalue weighted by Crippen LogP contribution is 2.17. The standard InChI is InChI=1S/C13H17NO3/c1-13(2,12(16)17-4)14(3)11(15)10-8-6-5-7-9-10/h5-9H,1-4H3. The van der Waals surface area contributed by atoms with Crippen molar-refractivity contribution in [3.63, 3.8) is 0 Å². The summed E-state index contributed by atoms with van der Waals surface area (Å²) >= 11 is 0. The molecule has 0 radical (unpaired) electrons. The predicted molar refractivity (Wildman–Crippen MR) is 64.6 cm³/mol. The zero-order chi connectivity index (χ0) is 13.1. The Bertz CT molecular complexity index is 412. The third kappa shape index (κ3) is 2.64. The molecule has 4 nitrogen and oxygen atoms in total. The number of likely N-dealkylation sites (N-methyl/N-ethyl adjacent to an activating group) is 1. The summed E-state index contributed by atoms with van der Waals surface area (Å²) in [6.07, 6.45) is 0. The van der Waals surface area contributed by atoms with Crippen molar-refractivity contribution in [1.82, 2.24) is 4.90 Å². The lowest BCUT2D eigenvalue weighted by Gasteiger charge is -2.32. The summed E-state index contributed by atoms with van der Waals surface area (Å²) in [7, 11) is 2.90. The third-order valence-electron chi connectivity index (χ3n) is 2.85. The number of hydrogen-bond acceptors (Lipinski definition) is 3. The van der Waals surface area contributed by atoms with E-state index in [4.69, 9.17) is 0 Å². The van der Waals surface area contributed by atoms with E-state index in [9.17, 15) is 9.59 Å². The summed E-state index contributed by atoms with van der Waals surface area (Å²) in [6, 6.07) is 8.83. The van der Waals surface area contributed by atoms with Gasteiger partial charge in [-0.2, -0.15) is 0 Å². The molecule has 1 amide bonds. The minimum absolute atomic E-state index is 0.207. The molecular formula is C13H17NO3. The van der Waals surface area contributed by atoms with E-state index in [0.717, 1.165) is 0 Å². The molecule has 0 saturated carbocycles. The highest BCUT2D eigenvalue weighted by atomic mass is 16.5. The Morgan fingerprint density at radius 1 is 1.18 bits per heavy atom. The predicted octanol–water partition coefficient (Wildman–Crippen LogP) is 1.71. The van der Waals surface area contributed by atoms with Gasteiger partial charge in [0, 0.05) is 12.6 Å². The number of rotatable bonds is 3. The van der Waals surface area contributed by atoms with Crippen molar-refractivity contribution in [2.45, 2.75) is 19.4 Å². The summed E-state index contributed by atoms with van der Waals surface area (Å²) in [5.74, 6) is -0.648. The van der Waals surface area contributed by atoms with E-state index >= 15 is 0 Å². The van der Waals surface area contributed by atoms with Gasteiger partial charge in [-0.15, -0.1) is 0 Å². The van der Waals surface area contributed by atoms with Gasteiger partial charge in [0.25, 0.3) is 5.91 Å². The van der Waals surface area contributed by atoms with Crippen LogP contribution in [0.3, 0.4) is 0 Å².